The first kappa shape index (κ1) is 13.2. The molecule has 1 aromatic carbocycles. The molecule has 0 unspecified atom stereocenters. The second-order valence-electron chi connectivity index (χ2n) is 5.33. The fraction of sp³-hybridized carbons (Fsp3) is 0.438. The molecule has 2 heterocycles. The van der Waals surface area contributed by atoms with E-state index in [0.29, 0.717) is 0 Å². The standard InChI is InChI=1S/C16H22N4/c1-3-14-10-15(19(2)18-14)12-20-9-8-17-11-13-6-4-5-7-16(13)20/h4-7,10,17H,3,8-9,11-12H2,1-2H3. The Labute approximate surface area is 120 Å². The Morgan fingerprint density at radius 3 is 2.95 bits per heavy atom. The van der Waals surface area contributed by atoms with Crippen LogP contribution in [0.4, 0.5) is 5.69 Å². The van der Waals surface area contributed by atoms with E-state index in [4.69, 9.17) is 0 Å². The molecule has 0 aliphatic carbocycles. The number of nitrogens with one attached hydrogen (secondary N) is 1. The Balaban J connectivity index is 1.88. The van der Waals surface area contributed by atoms with Crippen LogP contribution >= 0.6 is 0 Å². The van der Waals surface area contributed by atoms with Crippen LogP contribution in [0.15, 0.2) is 30.3 Å². The molecule has 0 radical (unpaired) electrons. The average Bonchev–Trinajstić information content (AvgIpc) is 2.70. The predicted molar refractivity (Wildman–Crippen MR) is 81.8 cm³/mol. The summed E-state index contributed by atoms with van der Waals surface area (Å²) in [5, 5.41) is 8.03. The highest BCUT2D eigenvalue weighted by molar-refractivity contribution is 5.54. The van der Waals surface area contributed by atoms with Gasteiger partial charge >= 0.3 is 0 Å². The van der Waals surface area contributed by atoms with Gasteiger partial charge in [-0.3, -0.25) is 4.68 Å². The Hall–Kier alpha value is -1.81. The van der Waals surface area contributed by atoms with Gasteiger partial charge in [-0.25, -0.2) is 0 Å². The largest absolute Gasteiger partial charge is 0.364 e. The number of fused-ring (bicyclic) bond motifs is 1. The summed E-state index contributed by atoms with van der Waals surface area (Å²) in [7, 11) is 2.04. The summed E-state index contributed by atoms with van der Waals surface area (Å²) in [6, 6.07) is 10.9. The van der Waals surface area contributed by atoms with E-state index in [9.17, 15) is 0 Å². The lowest BCUT2D eigenvalue weighted by molar-refractivity contribution is 0.653. The maximum absolute atomic E-state index is 4.55. The summed E-state index contributed by atoms with van der Waals surface area (Å²) in [6.45, 7) is 6.08. The van der Waals surface area contributed by atoms with Crippen molar-refractivity contribution in [1.82, 2.24) is 15.1 Å². The fourth-order valence-electron chi connectivity index (χ4n) is 2.78. The van der Waals surface area contributed by atoms with E-state index in [2.05, 4.69) is 52.6 Å². The van der Waals surface area contributed by atoms with Gasteiger partial charge in [-0.05, 0) is 24.1 Å². The van der Waals surface area contributed by atoms with E-state index in [-0.39, 0.29) is 0 Å². The first-order valence-electron chi connectivity index (χ1n) is 7.33. The fourth-order valence-corrected chi connectivity index (χ4v) is 2.78. The Kier molecular flexibility index (Phi) is 3.74. The molecule has 3 rings (SSSR count). The lowest BCUT2D eigenvalue weighted by Gasteiger charge is -2.24. The van der Waals surface area contributed by atoms with Crippen LogP contribution in [-0.2, 0) is 26.6 Å². The van der Waals surface area contributed by atoms with Crippen LogP contribution in [0.1, 0.15) is 23.9 Å². The Bertz CT molecular complexity index is 588. The lowest BCUT2D eigenvalue weighted by atomic mass is 10.1. The first-order chi connectivity index (χ1) is 9.78. The molecule has 0 spiro atoms. The van der Waals surface area contributed by atoms with Gasteiger partial charge in [-0.15, -0.1) is 0 Å². The van der Waals surface area contributed by atoms with Crippen molar-refractivity contribution >= 4 is 5.69 Å². The van der Waals surface area contributed by atoms with Crippen LogP contribution < -0.4 is 10.2 Å². The summed E-state index contributed by atoms with van der Waals surface area (Å²) in [5.41, 5.74) is 5.17. The van der Waals surface area contributed by atoms with Crippen molar-refractivity contribution in [3.63, 3.8) is 0 Å². The summed E-state index contributed by atoms with van der Waals surface area (Å²) in [5.74, 6) is 0. The molecule has 0 atom stereocenters. The van der Waals surface area contributed by atoms with Crippen LogP contribution in [0, 0.1) is 0 Å². The number of hydrogen-bond acceptors (Lipinski definition) is 3. The van der Waals surface area contributed by atoms with Crippen molar-refractivity contribution in [2.75, 3.05) is 18.0 Å². The van der Waals surface area contributed by atoms with Gasteiger partial charge in [0.2, 0.25) is 0 Å². The van der Waals surface area contributed by atoms with E-state index in [0.717, 1.165) is 32.6 Å². The van der Waals surface area contributed by atoms with Crippen LogP contribution in [0.25, 0.3) is 0 Å². The highest BCUT2D eigenvalue weighted by atomic mass is 15.3. The molecular formula is C16H22N4. The molecule has 0 fully saturated rings. The highest BCUT2D eigenvalue weighted by Crippen LogP contribution is 2.23. The summed E-state index contributed by atoms with van der Waals surface area (Å²) >= 11 is 0. The maximum atomic E-state index is 4.55. The van der Waals surface area contributed by atoms with Crippen molar-refractivity contribution in [2.45, 2.75) is 26.4 Å². The summed E-state index contributed by atoms with van der Waals surface area (Å²) in [6.07, 6.45) is 0.992. The van der Waals surface area contributed by atoms with Crippen LogP contribution in [-0.4, -0.2) is 22.9 Å². The molecule has 4 heteroatoms. The van der Waals surface area contributed by atoms with Gasteiger partial charge in [0.1, 0.15) is 0 Å². The van der Waals surface area contributed by atoms with Crippen LogP contribution in [0.5, 0.6) is 0 Å². The molecule has 0 amide bonds. The number of anilines is 1. The van der Waals surface area contributed by atoms with E-state index in [1.165, 1.54) is 22.6 Å². The zero-order valence-electron chi connectivity index (χ0n) is 12.3. The summed E-state index contributed by atoms with van der Waals surface area (Å²) in [4.78, 5) is 2.45. The molecular weight excluding hydrogens is 248 g/mol. The van der Waals surface area contributed by atoms with Gasteiger partial charge in [0.15, 0.2) is 0 Å². The van der Waals surface area contributed by atoms with E-state index >= 15 is 0 Å². The van der Waals surface area contributed by atoms with Gasteiger partial charge in [0.25, 0.3) is 0 Å². The van der Waals surface area contributed by atoms with E-state index < -0.39 is 0 Å². The van der Waals surface area contributed by atoms with Crippen molar-refractivity contribution in [3.05, 3.63) is 47.3 Å². The minimum Gasteiger partial charge on any atom is -0.364 e. The van der Waals surface area contributed by atoms with Crippen LogP contribution in [0.3, 0.4) is 0 Å². The topological polar surface area (TPSA) is 33.1 Å². The molecule has 1 aliphatic rings. The first-order valence-corrected chi connectivity index (χ1v) is 7.33. The number of benzene rings is 1. The second kappa shape index (κ2) is 5.67. The third kappa shape index (κ3) is 2.56. The summed E-state index contributed by atoms with van der Waals surface area (Å²) < 4.78 is 2.01. The number of hydrogen-bond donors (Lipinski definition) is 1. The van der Waals surface area contributed by atoms with Gasteiger partial charge in [0.05, 0.1) is 17.9 Å². The minimum atomic E-state index is 0.919. The van der Waals surface area contributed by atoms with Crippen LogP contribution in [0.2, 0.25) is 0 Å². The van der Waals surface area contributed by atoms with E-state index in [1.807, 2.05) is 11.7 Å². The smallest absolute Gasteiger partial charge is 0.0625 e. The molecule has 0 bridgehead atoms. The Morgan fingerprint density at radius 2 is 2.15 bits per heavy atom. The number of aromatic nitrogens is 2. The zero-order chi connectivity index (χ0) is 13.9. The third-order valence-electron chi connectivity index (χ3n) is 3.95. The number of nitrogens with zero attached hydrogens (tertiary/aromatic N) is 3. The van der Waals surface area contributed by atoms with Gasteiger partial charge in [-0.1, -0.05) is 25.1 Å². The number of aryl methyl sites for hydroxylation is 2. The van der Waals surface area contributed by atoms with E-state index in [1.54, 1.807) is 0 Å². The normalized spacial score (nSPS) is 15.0. The predicted octanol–water partition coefficient (Wildman–Crippen LogP) is 2.09. The van der Waals surface area contributed by atoms with Gasteiger partial charge in [0, 0.05) is 32.4 Å². The quantitative estimate of drug-likeness (QED) is 0.927. The second-order valence-corrected chi connectivity index (χ2v) is 5.33. The van der Waals surface area contributed by atoms with Gasteiger partial charge in [-0.2, -0.15) is 5.10 Å². The number of para-hydroxylation sites is 1. The van der Waals surface area contributed by atoms with Gasteiger partial charge < -0.3 is 10.2 Å². The Morgan fingerprint density at radius 1 is 1.30 bits per heavy atom. The molecule has 4 nitrogen and oxygen atoms in total. The zero-order valence-corrected chi connectivity index (χ0v) is 12.3. The molecule has 1 N–H and O–H groups in total. The maximum Gasteiger partial charge on any atom is 0.0625 e. The molecule has 0 saturated carbocycles. The third-order valence-corrected chi connectivity index (χ3v) is 3.95. The molecule has 20 heavy (non-hydrogen) atoms. The molecule has 1 aromatic heterocycles. The monoisotopic (exact) mass is 270 g/mol. The van der Waals surface area contributed by atoms with Crippen molar-refractivity contribution in [3.8, 4) is 0 Å². The number of rotatable bonds is 3. The SMILES string of the molecule is CCc1cc(CN2CCNCc3ccccc32)n(C)n1. The van der Waals surface area contributed by atoms with Crippen molar-refractivity contribution < 1.29 is 0 Å². The molecule has 0 saturated heterocycles. The van der Waals surface area contributed by atoms with Crippen molar-refractivity contribution in [1.29, 1.82) is 0 Å². The average molecular weight is 270 g/mol. The molecule has 106 valence electrons. The lowest BCUT2D eigenvalue weighted by Crippen LogP contribution is -2.29. The molecule has 1 aliphatic heterocycles. The van der Waals surface area contributed by atoms with Crippen molar-refractivity contribution in [2.24, 2.45) is 7.05 Å². The highest BCUT2D eigenvalue weighted by Gasteiger charge is 2.16. The minimum absolute atomic E-state index is 0.919. The molecule has 2 aromatic rings.